The smallest absolute Gasteiger partial charge is 0.239 e. The lowest BCUT2D eigenvalue weighted by atomic mass is 9.98. The van der Waals surface area contributed by atoms with Gasteiger partial charge in [-0.25, -0.2) is 29.9 Å². The summed E-state index contributed by atoms with van der Waals surface area (Å²) in [5, 5.41) is 18.8. The van der Waals surface area contributed by atoms with E-state index in [1.807, 2.05) is 18.2 Å². The molecule has 0 saturated carbocycles. The molecule has 1 saturated heterocycles. The summed E-state index contributed by atoms with van der Waals surface area (Å²) in [5.74, 6) is 5.07. The van der Waals surface area contributed by atoms with Crippen LogP contribution in [0, 0.1) is 0 Å². The van der Waals surface area contributed by atoms with Gasteiger partial charge in [-0.05, 0) is 67.2 Å². The maximum Gasteiger partial charge on any atom is 0.239 e. The number of nitrogens with two attached hydrogens (primary N) is 5. The summed E-state index contributed by atoms with van der Waals surface area (Å²) >= 11 is 2.23. The van der Waals surface area contributed by atoms with Gasteiger partial charge in [0.15, 0.2) is 5.84 Å². The van der Waals surface area contributed by atoms with Crippen LogP contribution in [0.5, 0.6) is 0 Å². The second kappa shape index (κ2) is 11.2. The summed E-state index contributed by atoms with van der Waals surface area (Å²) in [6.07, 6.45) is 2.78. The van der Waals surface area contributed by atoms with Crippen LogP contribution in [0.25, 0.3) is 21.3 Å². The van der Waals surface area contributed by atoms with Crippen molar-refractivity contribution in [1.29, 1.82) is 0 Å². The second-order valence-electron chi connectivity index (χ2n) is 7.06. The van der Waals surface area contributed by atoms with E-state index in [-0.39, 0.29) is 21.2 Å². The van der Waals surface area contributed by atoms with E-state index in [4.69, 9.17) is 27.6 Å². The molecule has 1 fully saturated rings. The van der Waals surface area contributed by atoms with Crippen LogP contribution in [-0.2, 0) is 16.6 Å². The zero-order valence-corrected chi connectivity index (χ0v) is 20.2. The second-order valence-corrected chi connectivity index (χ2v) is 10.3. The van der Waals surface area contributed by atoms with Crippen LogP contribution in [0.3, 0.4) is 0 Å². The van der Waals surface area contributed by atoms with Crippen LogP contribution in [0.2, 0.25) is 0 Å². The minimum atomic E-state index is -4.17. The lowest BCUT2D eigenvalue weighted by Gasteiger charge is -2.16. The molecule has 14 heteroatoms. The summed E-state index contributed by atoms with van der Waals surface area (Å²) in [5.41, 5.74) is 15.7. The van der Waals surface area contributed by atoms with Crippen molar-refractivity contribution in [2.75, 3.05) is 13.1 Å². The van der Waals surface area contributed by atoms with Gasteiger partial charge in [0.05, 0.1) is 10.2 Å². The molecule has 0 bridgehead atoms. The highest BCUT2D eigenvalue weighted by Crippen LogP contribution is 2.35. The summed E-state index contributed by atoms with van der Waals surface area (Å²) < 4.78 is 25.6. The Bertz CT molecular complexity index is 1250. The van der Waals surface area contributed by atoms with Crippen molar-refractivity contribution in [3.63, 3.8) is 0 Å². The average molecular weight is 510 g/mol. The highest BCUT2D eigenvalue weighted by Gasteiger charge is 2.25. The van der Waals surface area contributed by atoms with Gasteiger partial charge in [0.1, 0.15) is 9.90 Å². The monoisotopic (exact) mass is 509 g/mol. The van der Waals surface area contributed by atoms with Crippen molar-refractivity contribution in [3.05, 3.63) is 40.9 Å². The molecule has 0 radical (unpaired) electrons. The number of thiazole rings is 1. The predicted octanol–water partition coefficient (Wildman–Crippen LogP) is 0.489. The van der Waals surface area contributed by atoms with Crippen LogP contribution >= 0.6 is 23.3 Å². The van der Waals surface area contributed by atoms with Crippen molar-refractivity contribution >= 4 is 49.4 Å². The molecule has 3 aromatic rings. The van der Waals surface area contributed by atoms with Gasteiger partial charge in [0, 0.05) is 17.0 Å². The first-order valence-electron chi connectivity index (χ1n) is 9.96. The van der Waals surface area contributed by atoms with Crippen LogP contribution < -0.4 is 38.4 Å². The van der Waals surface area contributed by atoms with E-state index >= 15 is 0 Å². The third-order valence-corrected chi connectivity index (χ3v) is 7.62. The number of fused-ring (bicyclic) bond motifs is 1. The number of nitrogens with one attached hydrogen (secondary N) is 2. The van der Waals surface area contributed by atoms with Gasteiger partial charge in [-0.1, -0.05) is 12.1 Å². The molecule has 2 aromatic carbocycles. The highest BCUT2D eigenvalue weighted by atomic mass is 32.2. The maximum atomic E-state index is 12.3. The molecule has 0 aliphatic carbocycles. The molecule has 0 unspecified atom stereocenters. The summed E-state index contributed by atoms with van der Waals surface area (Å²) in [4.78, 5) is 4.47. The molecular weight excluding hydrogens is 482 g/mol. The van der Waals surface area contributed by atoms with E-state index in [1.165, 1.54) is 37.3 Å². The largest absolute Gasteiger partial charge is 0.382 e. The first-order valence-corrected chi connectivity index (χ1v) is 13.2. The molecule has 178 valence electrons. The van der Waals surface area contributed by atoms with Gasteiger partial charge in [0.25, 0.3) is 0 Å². The summed E-state index contributed by atoms with van der Waals surface area (Å²) in [6.45, 7) is 2.83. The van der Waals surface area contributed by atoms with Gasteiger partial charge in [-0.3, -0.25) is 5.14 Å². The minimum absolute atomic E-state index is 0.101. The Hall–Kier alpha value is -2.30. The van der Waals surface area contributed by atoms with E-state index in [0.717, 1.165) is 27.2 Å². The molecule has 0 atom stereocenters. The number of sulfonamides is 1. The SMILES string of the molecule is C1CCNC1.NCc1nc2cc(-c3ccc(SN)c(S(N)(=O)=O)c3/C(N)=N/NN)ccc2s1. The Kier molecular flexibility index (Phi) is 8.61. The molecule has 33 heavy (non-hydrogen) atoms. The van der Waals surface area contributed by atoms with Crippen LogP contribution in [0.1, 0.15) is 23.4 Å². The van der Waals surface area contributed by atoms with E-state index < -0.39 is 10.0 Å². The maximum absolute atomic E-state index is 12.3. The lowest BCUT2D eigenvalue weighted by molar-refractivity contribution is 0.595. The molecular formula is C19H27N9O2S3. The third kappa shape index (κ3) is 5.99. The predicted molar refractivity (Wildman–Crippen MR) is 135 cm³/mol. The number of amidine groups is 1. The van der Waals surface area contributed by atoms with E-state index in [0.29, 0.717) is 17.7 Å². The van der Waals surface area contributed by atoms with Gasteiger partial charge in [-0.15, -0.1) is 16.4 Å². The standard InChI is InChI=1S/C15H18N8O2S3.C4H9N/c16-6-12-21-9-5-7(1-3-10(9)26-12)8-2-4-11(27-19)14(28(20,24)25)13(8)15(17)22-23-18;1-2-4-5-3-1/h1-5,23H,6,16,18-19H2,(H2,17,22)(H2,20,24,25);5H,1-4H2. The van der Waals surface area contributed by atoms with Crippen molar-refractivity contribution in [2.24, 2.45) is 32.7 Å². The third-order valence-electron chi connectivity index (χ3n) is 4.85. The fourth-order valence-electron chi connectivity index (χ4n) is 3.41. The van der Waals surface area contributed by atoms with Crippen molar-refractivity contribution < 1.29 is 8.42 Å². The van der Waals surface area contributed by atoms with Crippen molar-refractivity contribution in [3.8, 4) is 11.1 Å². The first kappa shape index (κ1) is 25.3. The Labute approximate surface area is 200 Å². The molecule has 2 heterocycles. The molecule has 0 spiro atoms. The number of hydrogen-bond donors (Lipinski definition) is 7. The number of hydrazone groups is 1. The Morgan fingerprint density at radius 2 is 1.97 bits per heavy atom. The summed E-state index contributed by atoms with van der Waals surface area (Å²) in [6, 6.07) is 8.76. The quantitative estimate of drug-likeness (QED) is 0.0802. The molecule has 1 aromatic heterocycles. The van der Waals surface area contributed by atoms with Gasteiger partial charge >= 0.3 is 0 Å². The average Bonchev–Trinajstić information content (AvgIpc) is 3.50. The number of rotatable bonds is 6. The number of hydrogen-bond acceptors (Lipinski definition) is 11. The molecule has 1 aliphatic heterocycles. The fourth-order valence-corrected chi connectivity index (χ4v) is 5.94. The first-order chi connectivity index (χ1) is 15.8. The molecule has 4 rings (SSSR count). The topological polar surface area (TPSA) is 214 Å². The number of aromatic nitrogens is 1. The van der Waals surface area contributed by atoms with Crippen molar-refractivity contribution in [2.45, 2.75) is 29.2 Å². The van der Waals surface area contributed by atoms with E-state index in [2.05, 4.69) is 20.9 Å². The zero-order chi connectivity index (χ0) is 24.0. The Morgan fingerprint density at radius 3 is 2.52 bits per heavy atom. The lowest BCUT2D eigenvalue weighted by Crippen LogP contribution is -2.27. The zero-order valence-electron chi connectivity index (χ0n) is 17.7. The van der Waals surface area contributed by atoms with Gasteiger partial charge < -0.3 is 16.8 Å². The number of benzene rings is 2. The molecule has 11 nitrogen and oxygen atoms in total. The minimum Gasteiger partial charge on any atom is -0.382 e. The molecule has 0 amide bonds. The summed E-state index contributed by atoms with van der Waals surface area (Å²) in [7, 11) is -4.17. The number of primary sulfonamides is 1. The highest BCUT2D eigenvalue weighted by molar-refractivity contribution is 7.98. The van der Waals surface area contributed by atoms with Crippen LogP contribution in [-0.4, -0.2) is 32.3 Å². The van der Waals surface area contributed by atoms with Gasteiger partial charge in [-0.2, -0.15) is 0 Å². The van der Waals surface area contributed by atoms with E-state index in [9.17, 15) is 8.42 Å². The van der Waals surface area contributed by atoms with Gasteiger partial charge in [0.2, 0.25) is 10.0 Å². The normalized spacial score (nSPS) is 14.2. The fraction of sp³-hybridized carbons (Fsp3) is 0.263. The number of nitrogens with zero attached hydrogens (tertiary/aromatic N) is 2. The molecule has 12 N–H and O–H groups in total. The van der Waals surface area contributed by atoms with E-state index in [1.54, 1.807) is 12.1 Å². The number of hydrazine groups is 1. The Morgan fingerprint density at radius 1 is 1.24 bits per heavy atom. The van der Waals surface area contributed by atoms with Crippen LogP contribution in [0.15, 0.2) is 45.2 Å². The van der Waals surface area contributed by atoms with Crippen molar-refractivity contribution in [1.82, 2.24) is 15.8 Å². The Balaban J connectivity index is 0.000000541. The van der Waals surface area contributed by atoms with Crippen LogP contribution in [0.4, 0.5) is 0 Å². The molecule has 1 aliphatic rings.